The Hall–Kier alpha value is -2.12. The molecule has 3 fully saturated rings. The van der Waals surface area contributed by atoms with Gasteiger partial charge < -0.3 is 20.2 Å². The summed E-state index contributed by atoms with van der Waals surface area (Å²) < 4.78 is 0. The molecule has 1 aromatic carbocycles. The molecule has 0 bridgehead atoms. The highest BCUT2D eigenvalue weighted by Crippen LogP contribution is 2.50. The fourth-order valence-electron chi connectivity index (χ4n) is 6.57. The van der Waals surface area contributed by atoms with Crippen LogP contribution in [0.25, 0.3) is 0 Å². The Labute approximate surface area is 204 Å². The predicted molar refractivity (Wildman–Crippen MR) is 133 cm³/mol. The molecule has 2 N–H and O–H groups in total. The molecular weight excluding hydrogens is 428 g/mol. The summed E-state index contributed by atoms with van der Waals surface area (Å²) in [6.07, 6.45) is 6.22. The highest BCUT2D eigenvalue weighted by atomic mass is 16.3. The zero-order valence-electron chi connectivity index (χ0n) is 21.6. The van der Waals surface area contributed by atoms with E-state index in [0.29, 0.717) is 19.6 Å². The molecule has 0 aromatic heterocycles. The van der Waals surface area contributed by atoms with Gasteiger partial charge in [-0.25, -0.2) is 4.79 Å². The van der Waals surface area contributed by atoms with E-state index in [1.165, 1.54) is 12.5 Å². The lowest BCUT2D eigenvalue weighted by atomic mass is 9.67. The van der Waals surface area contributed by atoms with Crippen molar-refractivity contribution in [2.75, 3.05) is 33.7 Å². The van der Waals surface area contributed by atoms with Crippen LogP contribution in [-0.4, -0.2) is 82.2 Å². The first-order valence-electron chi connectivity index (χ1n) is 12.7. The number of hydrogen-bond donors (Lipinski definition) is 2. The van der Waals surface area contributed by atoms with Gasteiger partial charge in [-0.15, -0.1) is 0 Å². The Balaban J connectivity index is 1.60. The van der Waals surface area contributed by atoms with E-state index in [9.17, 15) is 14.7 Å². The Morgan fingerprint density at radius 1 is 1.09 bits per heavy atom. The number of benzene rings is 1. The number of nitrogens with zero attached hydrogens (tertiary/aromatic N) is 3. The van der Waals surface area contributed by atoms with Gasteiger partial charge in [0.05, 0.1) is 23.2 Å². The van der Waals surface area contributed by atoms with Gasteiger partial charge in [0.2, 0.25) is 5.91 Å². The van der Waals surface area contributed by atoms with Crippen LogP contribution in [-0.2, 0) is 10.3 Å². The number of carbonyl (C=O) groups excluding carboxylic acids is 2. The van der Waals surface area contributed by atoms with Crippen molar-refractivity contribution >= 4 is 11.9 Å². The van der Waals surface area contributed by atoms with E-state index in [0.717, 1.165) is 44.9 Å². The number of amides is 3. The summed E-state index contributed by atoms with van der Waals surface area (Å²) >= 11 is 0. The Bertz CT molecular complexity index is 902. The quantitative estimate of drug-likeness (QED) is 0.641. The van der Waals surface area contributed by atoms with Crippen molar-refractivity contribution < 1.29 is 14.7 Å². The summed E-state index contributed by atoms with van der Waals surface area (Å²) in [5.41, 5.74) is -0.299. The van der Waals surface area contributed by atoms with Gasteiger partial charge in [-0.3, -0.25) is 9.69 Å². The lowest BCUT2D eigenvalue weighted by Crippen LogP contribution is -2.59. The van der Waals surface area contributed by atoms with Crippen LogP contribution in [0.15, 0.2) is 30.3 Å². The fraction of sp³-hybridized carbons (Fsp3) is 0.704. The van der Waals surface area contributed by atoms with Crippen LogP contribution in [0.4, 0.5) is 4.79 Å². The van der Waals surface area contributed by atoms with E-state index >= 15 is 0 Å². The van der Waals surface area contributed by atoms with Gasteiger partial charge in [0.25, 0.3) is 0 Å². The monoisotopic (exact) mass is 470 g/mol. The number of hydrogen-bond acceptors (Lipinski definition) is 4. The number of urea groups is 1. The van der Waals surface area contributed by atoms with Gasteiger partial charge in [-0.05, 0) is 78.5 Å². The highest BCUT2D eigenvalue weighted by molar-refractivity contribution is 5.79. The van der Waals surface area contributed by atoms with E-state index in [1.807, 2.05) is 23.6 Å². The number of β-amino-alcohol motifs (C(OH)–C–C–N with tert-alkyl or cyclic N) is 1. The third kappa shape index (κ3) is 4.57. The van der Waals surface area contributed by atoms with Crippen LogP contribution >= 0.6 is 0 Å². The maximum Gasteiger partial charge on any atom is 0.320 e. The van der Waals surface area contributed by atoms with E-state index in [-0.39, 0.29) is 23.0 Å². The largest absolute Gasteiger partial charge is 0.388 e. The molecule has 1 aromatic rings. The molecule has 1 aliphatic heterocycles. The molecule has 3 aliphatic rings. The molecule has 4 rings (SSSR count). The van der Waals surface area contributed by atoms with Crippen LogP contribution < -0.4 is 5.32 Å². The zero-order chi connectivity index (χ0) is 24.8. The van der Waals surface area contributed by atoms with Crippen LogP contribution in [0.1, 0.15) is 71.3 Å². The van der Waals surface area contributed by atoms with Gasteiger partial charge in [-0.1, -0.05) is 30.3 Å². The smallest absolute Gasteiger partial charge is 0.320 e. The SMILES string of the molecule is CC(=O)NC(C)(C)CN1C[C@]2(CC[C@@](c3ccccc3)(N(C)C)CC2)N(CC2(O)CCC2)C1=O. The molecule has 2 saturated carbocycles. The minimum Gasteiger partial charge on any atom is -0.388 e. The summed E-state index contributed by atoms with van der Waals surface area (Å²) in [6, 6.07) is 10.7. The van der Waals surface area contributed by atoms with Crippen molar-refractivity contribution in [1.82, 2.24) is 20.0 Å². The highest BCUT2D eigenvalue weighted by Gasteiger charge is 2.56. The van der Waals surface area contributed by atoms with Crippen LogP contribution in [0.3, 0.4) is 0 Å². The first-order chi connectivity index (χ1) is 15.9. The number of nitrogens with one attached hydrogen (secondary N) is 1. The van der Waals surface area contributed by atoms with Crippen molar-refractivity contribution in [2.24, 2.45) is 0 Å². The van der Waals surface area contributed by atoms with Gasteiger partial charge in [0, 0.05) is 25.6 Å². The second kappa shape index (κ2) is 8.83. The summed E-state index contributed by atoms with van der Waals surface area (Å²) in [5, 5.41) is 14.0. The average Bonchev–Trinajstić information content (AvgIpc) is 2.97. The van der Waals surface area contributed by atoms with Crippen molar-refractivity contribution in [2.45, 2.75) is 87.9 Å². The van der Waals surface area contributed by atoms with Gasteiger partial charge in [0.15, 0.2) is 0 Å². The van der Waals surface area contributed by atoms with E-state index in [2.05, 4.69) is 54.6 Å². The van der Waals surface area contributed by atoms with E-state index in [1.54, 1.807) is 0 Å². The standard InChI is InChI=1S/C27H42N4O3/c1-21(32)28-24(2,3)18-30-19-25(31(23(30)33)20-26(34)12-9-13-26)14-16-27(17-15-25,29(4)5)22-10-7-6-8-11-22/h6-8,10-11,34H,9,12-20H2,1-5H3,(H,28,32)/t25-,27-. The summed E-state index contributed by atoms with van der Waals surface area (Å²) in [7, 11) is 4.31. The van der Waals surface area contributed by atoms with Gasteiger partial charge in [-0.2, -0.15) is 0 Å². The second-order valence-electron chi connectivity index (χ2n) is 11.9. The molecule has 1 saturated heterocycles. The summed E-state index contributed by atoms with van der Waals surface area (Å²) in [5.74, 6) is -0.0942. The number of carbonyl (C=O) groups is 2. The number of rotatable bonds is 7. The molecule has 0 unspecified atom stereocenters. The van der Waals surface area contributed by atoms with Crippen molar-refractivity contribution in [1.29, 1.82) is 0 Å². The molecular formula is C27H42N4O3. The lowest BCUT2D eigenvalue weighted by molar-refractivity contribution is -0.120. The summed E-state index contributed by atoms with van der Waals surface area (Å²) in [4.78, 5) is 31.7. The maximum atomic E-state index is 13.7. The average molecular weight is 471 g/mol. The molecule has 0 radical (unpaired) electrons. The van der Waals surface area contributed by atoms with Gasteiger partial charge in [0.1, 0.15) is 0 Å². The molecule has 188 valence electrons. The minimum absolute atomic E-state index is 0.00387. The first-order valence-corrected chi connectivity index (χ1v) is 12.7. The Morgan fingerprint density at radius 2 is 1.71 bits per heavy atom. The predicted octanol–water partition coefficient (Wildman–Crippen LogP) is 3.32. The molecule has 7 heteroatoms. The third-order valence-corrected chi connectivity index (χ3v) is 8.57. The first kappa shape index (κ1) is 25.0. The maximum absolute atomic E-state index is 13.7. The Kier molecular flexibility index (Phi) is 6.49. The van der Waals surface area contributed by atoms with Crippen molar-refractivity contribution in [3.05, 3.63) is 35.9 Å². The van der Waals surface area contributed by atoms with E-state index < -0.39 is 11.1 Å². The third-order valence-electron chi connectivity index (χ3n) is 8.57. The van der Waals surface area contributed by atoms with E-state index in [4.69, 9.17) is 0 Å². The lowest BCUT2D eigenvalue weighted by Gasteiger charge is -2.52. The van der Waals surface area contributed by atoms with Crippen LogP contribution in [0.5, 0.6) is 0 Å². The molecule has 1 spiro atoms. The van der Waals surface area contributed by atoms with Crippen molar-refractivity contribution in [3.8, 4) is 0 Å². The molecule has 3 amide bonds. The Morgan fingerprint density at radius 3 is 2.21 bits per heavy atom. The molecule has 2 aliphatic carbocycles. The number of aliphatic hydroxyl groups is 1. The van der Waals surface area contributed by atoms with Crippen LogP contribution in [0.2, 0.25) is 0 Å². The molecule has 7 nitrogen and oxygen atoms in total. The summed E-state index contributed by atoms with van der Waals surface area (Å²) in [6.45, 7) is 6.94. The topological polar surface area (TPSA) is 76.1 Å². The molecule has 34 heavy (non-hydrogen) atoms. The van der Waals surface area contributed by atoms with Crippen molar-refractivity contribution in [3.63, 3.8) is 0 Å². The second-order valence-corrected chi connectivity index (χ2v) is 11.9. The van der Waals surface area contributed by atoms with Gasteiger partial charge >= 0.3 is 6.03 Å². The zero-order valence-corrected chi connectivity index (χ0v) is 21.6. The molecule has 1 heterocycles. The minimum atomic E-state index is -0.763. The normalized spacial score (nSPS) is 29.0. The molecule has 0 atom stereocenters. The van der Waals surface area contributed by atoms with Crippen LogP contribution in [0, 0.1) is 0 Å². The fourth-order valence-corrected chi connectivity index (χ4v) is 6.57.